The molecule has 27 heavy (non-hydrogen) atoms. The van der Waals surface area contributed by atoms with Gasteiger partial charge in [-0.05, 0) is 42.2 Å². The third-order valence-corrected chi connectivity index (χ3v) is 6.75. The van der Waals surface area contributed by atoms with Crippen LogP contribution < -0.4 is 10.5 Å². The Morgan fingerprint density at radius 2 is 2.07 bits per heavy atom. The van der Waals surface area contributed by atoms with Crippen LogP contribution in [0.15, 0.2) is 16.9 Å². The zero-order valence-electron chi connectivity index (χ0n) is 15.1. The highest BCUT2D eigenvalue weighted by Gasteiger charge is 2.31. The van der Waals surface area contributed by atoms with Crippen LogP contribution in [0.2, 0.25) is 0 Å². The number of aryl methyl sites for hydroxylation is 3. The van der Waals surface area contributed by atoms with Crippen molar-refractivity contribution in [2.24, 2.45) is 5.92 Å². The van der Waals surface area contributed by atoms with Crippen molar-refractivity contribution < 1.29 is 0 Å². The van der Waals surface area contributed by atoms with Gasteiger partial charge in [-0.1, -0.05) is 0 Å². The van der Waals surface area contributed by atoms with Gasteiger partial charge in [-0.2, -0.15) is 22.1 Å². The number of anilines is 1. The van der Waals surface area contributed by atoms with E-state index in [2.05, 4.69) is 16.1 Å². The molecule has 1 fully saturated rings. The fraction of sp³-hybridized carbons (Fsp3) is 0.500. The molecule has 4 heterocycles. The highest BCUT2D eigenvalue weighted by molar-refractivity contribution is 7.98. The summed E-state index contributed by atoms with van der Waals surface area (Å²) in [5.41, 5.74) is 5.24. The number of thioether (sulfide) groups is 1. The van der Waals surface area contributed by atoms with Crippen molar-refractivity contribution in [2.75, 3.05) is 23.7 Å². The number of hydrogen-bond acceptors (Lipinski definition) is 6. The third-order valence-electron chi connectivity index (χ3n) is 5.74. The SMILES string of the molecule is N#Cc1cc2c(nc1N1CC(Cn3nc4c(cc3=O)CSCC4)C1)CCC2. The summed E-state index contributed by atoms with van der Waals surface area (Å²) in [4.78, 5) is 19.3. The summed E-state index contributed by atoms with van der Waals surface area (Å²) in [7, 11) is 0. The lowest BCUT2D eigenvalue weighted by atomic mass is 9.99. The standard InChI is InChI=1S/C20H21N5OS/c21-8-15-6-14-2-1-3-17(14)22-20(15)24-9-13(10-24)11-25-19(26)7-16-12-27-5-4-18(16)23-25/h6-7,13H,1-5,9-12H2. The van der Waals surface area contributed by atoms with Gasteiger partial charge in [0.2, 0.25) is 0 Å². The van der Waals surface area contributed by atoms with Crippen molar-refractivity contribution in [1.29, 1.82) is 5.26 Å². The molecule has 0 bridgehead atoms. The predicted octanol–water partition coefficient (Wildman–Crippen LogP) is 1.92. The van der Waals surface area contributed by atoms with Gasteiger partial charge in [0, 0.05) is 42.9 Å². The molecule has 0 N–H and O–H groups in total. The number of pyridine rings is 1. The molecule has 0 aromatic carbocycles. The van der Waals surface area contributed by atoms with Gasteiger partial charge in [0.25, 0.3) is 5.56 Å². The van der Waals surface area contributed by atoms with Crippen LogP contribution in [0.25, 0.3) is 0 Å². The molecule has 2 aliphatic heterocycles. The van der Waals surface area contributed by atoms with Crippen LogP contribution in [-0.4, -0.2) is 33.6 Å². The first-order chi connectivity index (χ1) is 13.2. The summed E-state index contributed by atoms with van der Waals surface area (Å²) in [6.45, 7) is 2.28. The van der Waals surface area contributed by atoms with Gasteiger partial charge in [-0.15, -0.1) is 0 Å². The van der Waals surface area contributed by atoms with E-state index < -0.39 is 0 Å². The maximum absolute atomic E-state index is 12.4. The molecule has 0 atom stereocenters. The fourth-order valence-corrected chi connectivity index (χ4v) is 5.22. The van der Waals surface area contributed by atoms with Gasteiger partial charge in [0.1, 0.15) is 11.9 Å². The lowest BCUT2D eigenvalue weighted by Gasteiger charge is -2.40. The number of aromatic nitrogens is 3. The first kappa shape index (κ1) is 16.8. The molecule has 0 spiro atoms. The second kappa shape index (κ2) is 6.68. The van der Waals surface area contributed by atoms with Crippen molar-refractivity contribution in [3.63, 3.8) is 0 Å². The van der Waals surface area contributed by atoms with E-state index in [0.717, 1.165) is 73.0 Å². The zero-order chi connectivity index (χ0) is 18.4. The van der Waals surface area contributed by atoms with Crippen LogP contribution in [0.4, 0.5) is 5.82 Å². The largest absolute Gasteiger partial charge is 0.355 e. The van der Waals surface area contributed by atoms with Gasteiger partial charge in [0.15, 0.2) is 0 Å². The molecule has 0 unspecified atom stereocenters. The maximum atomic E-state index is 12.4. The molecule has 0 saturated carbocycles. The predicted molar refractivity (Wildman–Crippen MR) is 105 cm³/mol. The number of nitriles is 1. The van der Waals surface area contributed by atoms with Crippen LogP contribution >= 0.6 is 11.8 Å². The average Bonchev–Trinajstić information content (AvgIpc) is 3.10. The zero-order valence-corrected chi connectivity index (χ0v) is 16.0. The summed E-state index contributed by atoms with van der Waals surface area (Å²) in [6.07, 6.45) is 4.12. The minimum absolute atomic E-state index is 0.00284. The second-order valence-corrected chi connectivity index (χ2v) is 8.75. The van der Waals surface area contributed by atoms with E-state index in [-0.39, 0.29) is 5.56 Å². The van der Waals surface area contributed by atoms with Crippen LogP contribution in [0.3, 0.4) is 0 Å². The molecular weight excluding hydrogens is 358 g/mol. The number of nitrogens with zero attached hydrogens (tertiary/aromatic N) is 5. The van der Waals surface area contributed by atoms with Crippen molar-refractivity contribution in [1.82, 2.24) is 14.8 Å². The number of hydrogen-bond donors (Lipinski definition) is 0. The van der Waals surface area contributed by atoms with E-state index in [1.807, 2.05) is 17.8 Å². The Morgan fingerprint density at radius 1 is 1.19 bits per heavy atom. The lowest BCUT2D eigenvalue weighted by molar-refractivity contribution is 0.330. The van der Waals surface area contributed by atoms with Gasteiger partial charge in [-0.25, -0.2) is 9.67 Å². The molecular formula is C20H21N5OS. The van der Waals surface area contributed by atoms with E-state index in [1.165, 1.54) is 5.56 Å². The summed E-state index contributed by atoms with van der Waals surface area (Å²) in [6, 6.07) is 6.09. The molecule has 7 heteroatoms. The molecule has 2 aromatic heterocycles. The molecule has 1 saturated heterocycles. The van der Waals surface area contributed by atoms with E-state index in [4.69, 9.17) is 4.98 Å². The van der Waals surface area contributed by atoms with Crippen LogP contribution in [0.5, 0.6) is 0 Å². The molecule has 1 aliphatic carbocycles. The van der Waals surface area contributed by atoms with E-state index in [1.54, 1.807) is 10.7 Å². The molecule has 3 aliphatic rings. The normalized spacial score (nSPS) is 18.6. The second-order valence-electron chi connectivity index (χ2n) is 7.64. The number of rotatable bonds is 3. The Balaban J connectivity index is 1.31. The Kier molecular flexibility index (Phi) is 4.16. The molecule has 5 rings (SSSR count). The van der Waals surface area contributed by atoms with Gasteiger partial charge >= 0.3 is 0 Å². The van der Waals surface area contributed by atoms with Gasteiger partial charge in [-0.3, -0.25) is 4.79 Å². The molecule has 0 radical (unpaired) electrons. The average molecular weight is 379 g/mol. The smallest absolute Gasteiger partial charge is 0.267 e. The van der Waals surface area contributed by atoms with Gasteiger partial charge < -0.3 is 4.90 Å². The van der Waals surface area contributed by atoms with Gasteiger partial charge in [0.05, 0.1) is 17.8 Å². The summed E-state index contributed by atoms with van der Waals surface area (Å²) in [5.74, 6) is 3.16. The van der Waals surface area contributed by atoms with Crippen molar-refractivity contribution >= 4 is 17.6 Å². The topological polar surface area (TPSA) is 74.8 Å². The number of fused-ring (bicyclic) bond motifs is 2. The van der Waals surface area contributed by atoms with E-state index in [0.29, 0.717) is 18.0 Å². The minimum atomic E-state index is 0.00284. The Hall–Kier alpha value is -2.33. The van der Waals surface area contributed by atoms with Crippen molar-refractivity contribution in [3.8, 4) is 6.07 Å². The summed E-state index contributed by atoms with van der Waals surface area (Å²) < 4.78 is 1.64. The summed E-state index contributed by atoms with van der Waals surface area (Å²) >= 11 is 1.86. The van der Waals surface area contributed by atoms with Crippen LogP contribution in [0, 0.1) is 17.2 Å². The monoisotopic (exact) mass is 379 g/mol. The van der Waals surface area contributed by atoms with Crippen molar-refractivity contribution in [3.05, 3.63) is 50.6 Å². The van der Waals surface area contributed by atoms with Crippen molar-refractivity contribution in [2.45, 2.75) is 38.0 Å². The van der Waals surface area contributed by atoms with Crippen LogP contribution in [-0.2, 0) is 31.6 Å². The highest BCUT2D eigenvalue weighted by atomic mass is 32.2. The highest BCUT2D eigenvalue weighted by Crippen LogP contribution is 2.31. The summed E-state index contributed by atoms with van der Waals surface area (Å²) in [5, 5.41) is 14.1. The first-order valence-electron chi connectivity index (χ1n) is 9.57. The lowest BCUT2D eigenvalue weighted by Crippen LogP contribution is -2.50. The molecule has 0 amide bonds. The third kappa shape index (κ3) is 3.02. The van der Waals surface area contributed by atoms with Crippen LogP contribution in [0.1, 0.15) is 34.5 Å². The minimum Gasteiger partial charge on any atom is -0.355 e. The van der Waals surface area contributed by atoms with E-state index in [9.17, 15) is 10.1 Å². The first-order valence-corrected chi connectivity index (χ1v) is 10.7. The Bertz CT molecular complexity index is 1000. The Labute approximate surface area is 162 Å². The molecule has 6 nitrogen and oxygen atoms in total. The quantitative estimate of drug-likeness (QED) is 0.811. The Morgan fingerprint density at radius 3 is 2.93 bits per heavy atom. The van der Waals surface area contributed by atoms with E-state index >= 15 is 0 Å². The maximum Gasteiger partial charge on any atom is 0.267 e. The fourth-order valence-electron chi connectivity index (χ4n) is 4.27. The molecule has 138 valence electrons. The molecule has 2 aromatic rings.